The molecule has 0 atom stereocenters. The van der Waals surface area contributed by atoms with Gasteiger partial charge in [0.25, 0.3) is 0 Å². The van der Waals surface area contributed by atoms with Crippen molar-refractivity contribution in [1.82, 2.24) is 0 Å². The second kappa shape index (κ2) is 3.04. The predicted octanol–water partition coefficient (Wildman–Crippen LogP) is 4.02. The summed E-state index contributed by atoms with van der Waals surface area (Å²) in [5.74, 6) is 0. The van der Waals surface area contributed by atoms with Crippen molar-refractivity contribution in [1.29, 1.82) is 0 Å². The second-order valence-corrected chi connectivity index (χ2v) is 3.88. The molecular formula is C9H6ClFS. The highest BCUT2D eigenvalue weighted by atomic mass is 35.5. The number of hydrogen-bond donors (Lipinski definition) is 0. The highest BCUT2D eigenvalue weighted by Gasteiger charge is 2.03. The molecule has 0 N–H and O–H groups in total. The quantitative estimate of drug-likeness (QED) is 0.652. The van der Waals surface area contributed by atoms with Crippen molar-refractivity contribution >= 4 is 33.0 Å². The molecule has 2 rings (SSSR count). The molecule has 1 aromatic heterocycles. The zero-order valence-corrected chi connectivity index (χ0v) is 7.75. The Hall–Kier alpha value is -0.600. The number of thiophene rings is 1. The molecule has 0 nitrogen and oxygen atoms in total. The largest absolute Gasteiger partial charge is 0.246 e. The van der Waals surface area contributed by atoms with E-state index in [1.165, 1.54) is 0 Å². The molecule has 12 heavy (non-hydrogen) atoms. The maximum atomic E-state index is 12.4. The summed E-state index contributed by atoms with van der Waals surface area (Å²) in [5.41, 5.74) is 0.734. The Morgan fingerprint density at radius 1 is 1.42 bits per heavy atom. The maximum absolute atomic E-state index is 12.4. The van der Waals surface area contributed by atoms with Crippen LogP contribution < -0.4 is 0 Å². The number of rotatable bonds is 1. The van der Waals surface area contributed by atoms with E-state index in [2.05, 4.69) is 0 Å². The van der Waals surface area contributed by atoms with Gasteiger partial charge >= 0.3 is 0 Å². The summed E-state index contributed by atoms with van der Waals surface area (Å²) in [5, 5.41) is 3.44. The minimum Gasteiger partial charge on any atom is -0.246 e. The van der Waals surface area contributed by atoms with Gasteiger partial charge in [0.1, 0.15) is 6.67 Å². The van der Waals surface area contributed by atoms with Crippen LogP contribution in [0.2, 0.25) is 5.02 Å². The minimum absolute atomic E-state index is 0.416. The lowest BCUT2D eigenvalue weighted by molar-refractivity contribution is 0.488. The standard InChI is InChI=1S/C9H6ClFS/c10-7-1-2-9-8(3-7)6(4-11)5-12-9/h1-3,5H,4H2. The van der Waals surface area contributed by atoms with Crippen LogP contribution in [0.25, 0.3) is 10.1 Å². The average Bonchev–Trinajstić information content (AvgIpc) is 2.46. The van der Waals surface area contributed by atoms with E-state index in [1.54, 1.807) is 11.3 Å². The molecule has 1 heterocycles. The SMILES string of the molecule is FCc1csc2ccc(Cl)cc12. The smallest absolute Gasteiger partial charge is 0.116 e. The first-order valence-corrected chi connectivity index (χ1v) is 4.78. The Labute approximate surface area is 78.6 Å². The van der Waals surface area contributed by atoms with Gasteiger partial charge in [-0.25, -0.2) is 4.39 Å². The summed E-state index contributed by atoms with van der Waals surface area (Å²) in [7, 11) is 0. The molecule has 0 fully saturated rings. The van der Waals surface area contributed by atoms with E-state index in [0.717, 1.165) is 15.6 Å². The van der Waals surface area contributed by atoms with Crippen LogP contribution in [0.15, 0.2) is 23.6 Å². The van der Waals surface area contributed by atoms with E-state index in [9.17, 15) is 4.39 Å². The van der Waals surface area contributed by atoms with Crippen molar-refractivity contribution in [2.24, 2.45) is 0 Å². The number of benzene rings is 1. The fourth-order valence-corrected chi connectivity index (χ4v) is 2.25. The van der Waals surface area contributed by atoms with Gasteiger partial charge in [-0.3, -0.25) is 0 Å². The van der Waals surface area contributed by atoms with Crippen LogP contribution in [-0.2, 0) is 6.67 Å². The van der Waals surface area contributed by atoms with Crippen LogP contribution in [0.3, 0.4) is 0 Å². The topological polar surface area (TPSA) is 0 Å². The van der Waals surface area contributed by atoms with Gasteiger partial charge in [0.2, 0.25) is 0 Å². The number of alkyl halides is 1. The fourth-order valence-electron chi connectivity index (χ4n) is 1.16. The van der Waals surface area contributed by atoms with Crippen molar-refractivity contribution < 1.29 is 4.39 Å². The zero-order chi connectivity index (χ0) is 8.55. The Kier molecular flexibility index (Phi) is 2.03. The summed E-state index contributed by atoms with van der Waals surface area (Å²) in [4.78, 5) is 0. The van der Waals surface area contributed by atoms with Gasteiger partial charge in [-0.15, -0.1) is 11.3 Å². The third-order valence-corrected chi connectivity index (χ3v) is 3.01. The van der Waals surface area contributed by atoms with Crippen LogP contribution in [-0.4, -0.2) is 0 Å². The fraction of sp³-hybridized carbons (Fsp3) is 0.111. The monoisotopic (exact) mass is 200 g/mol. The molecule has 0 aliphatic rings. The van der Waals surface area contributed by atoms with E-state index in [1.807, 2.05) is 23.6 Å². The normalized spacial score (nSPS) is 10.8. The lowest BCUT2D eigenvalue weighted by Gasteiger charge is -1.92. The molecule has 0 aliphatic heterocycles. The zero-order valence-electron chi connectivity index (χ0n) is 6.18. The van der Waals surface area contributed by atoms with Gasteiger partial charge in [-0.1, -0.05) is 11.6 Å². The molecule has 62 valence electrons. The first kappa shape index (κ1) is 8.02. The number of fused-ring (bicyclic) bond motifs is 1. The summed E-state index contributed by atoms with van der Waals surface area (Å²) < 4.78 is 13.5. The molecule has 0 unspecified atom stereocenters. The van der Waals surface area contributed by atoms with Crippen LogP contribution in [0.1, 0.15) is 5.56 Å². The van der Waals surface area contributed by atoms with E-state index < -0.39 is 6.67 Å². The van der Waals surface area contributed by atoms with Gasteiger partial charge in [-0.2, -0.15) is 0 Å². The maximum Gasteiger partial charge on any atom is 0.116 e. The minimum atomic E-state index is -0.416. The first-order valence-electron chi connectivity index (χ1n) is 3.53. The molecule has 0 saturated carbocycles. The summed E-state index contributed by atoms with van der Waals surface area (Å²) in [6.45, 7) is -0.416. The Morgan fingerprint density at radius 2 is 2.25 bits per heavy atom. The van der Waals surface area contributed by atoms with Gasteiger partial charge in [-0.05, 0) is 29.0 Å². The van der Waals surface area contributed by atoms with Gasteiger partial charge in [0.05, 0.1) is 0 Å². The number of halogens is 2. The molecule has 0 spiro atoms. The molecule has 0 bridgehead atoms. The van der Waals surface area contributed by atoms with Crippen LogP contribution in [0.4, 0.5) is 4.39 Å². The van der Waals surface area contributed by atoms with Gasteiger partial charge in [0, 0.05) is 15.3 Å². The van der Waals surface area contributed by atoms with Crippen molar-refractivity contribution in [3.05, 3.63) is 34.2 Å². The van der Waals surface area contributed by atoms with Crippen molar-refractivity contribution in [2.45, 2.75) is 6.67 Å². The lowest BCUT2D eigenvalue weighted by atomic mass is 10.2. The van der Waals surface area contributed by atoms with Crippen molar-refractivity contribution in [3.8, 4) is 0 Å². The highest BCUT2D eigenvalue weighted by Crippen LogP contribution is 2.28. The van der Waals surface area contributed by atoms with E-state index in [4.69, 9.17) is 11.6 Å². The predicted molar refractivity (Wildman–Crippen MR) is 51.6 cm³/mol. The molecule has 0 amide bonds. The van der Waals surface area contributed by atoms with Crippen molar-refractivity contribution in [3.63, 3.8) is 0 Å². The van der Waals surface area contributed by atoms with E-state index >= 15 is 0 Å². The lowest BCUT2D eigenvalue weighted by Crippen LogP contribution is -1.73. The number of hydrogen-bond acceptors (Lipinski definition) is 1. The molecule has 0 radical (unpaired) electrons. The second-order valence-electron chi connectivity index (χ2n) is 2.54. The van der Waals surface area contributed by atoms with Crippen LogP contribution in [0, 0.1) is 0 Å². The van der Waals surface area contributed by atoms with Crippen molar-refractivity contribution in [2.75, 3.05) is 0 Å². The molecule has 2 aromatic rings. The third-order valence-electron chi connectivity index (χ3n) is 1.76. The molecule has 0 saturated heterocycles. The molecule has 0 aliphatic carbocycles. The molecule has 1 aromatic carbocycles. The van der Waals surface area contributed by atoms with E-state index in [0.29, 0.717) is 5.02 Å². The van der Waals surface area contributed by atoms with Gasteiger partial charge < -0.3 is 0 Å². The summed E-state index contributed by atoms with van der Waals surface area (Å²) >= 11 is 7.34. The Morgan fingerprint density at radius 3 is 3.00 bits per heavy atom. The first-order chi connectivity index (χ1) is 5.81. The molecule has 3 heteroatoms. The average molecular weight is 201 g/mol. The van der Waals surface area contributed by atoms with Gasteiger partial charge in [0.15, 0.2) is 0 Å². The summed E-state index contributed by atoms with van der Waals surface area (Å²) in [6.07, 6.45) is 0. The van der Waals surface area contributed by atoms with Crippen LogP contribution in [0.5, 0.6) is 0 Å². The Balaban J connectivity index is 2.75. The summed E-state index contributed by atoms with van der Waals surface area (Å²) in [6, 6.07) is 5.55. The van der Waals surface area contributed by atoms with E-state index in [-0.39, 0.29) is 0 Å². The Bertz CT molecular complexity index is 408. The third kappa shape index (κ3) is 1.21. The highest BCUT2D eigenvalue weighted by molar-refractivity contribution is 7.17. The molecular weight excluding hydrogens is 195 g/mol. The van der Waals surface area contributed by atoms with Crippen LogP contribution >= 0.6 is 22.9 Å².